The fraction of sp³-hybridized carbons (Fsp3) is 0.292. The van der Waals surface area contributed by atoms with Gasteiger partial charge in [0.25, 0.3) is 11.5 Å². The number of aromatic nitrogens is 1. The lowest BCUT2D eigenvalue weighted by molar-refractivity contribution is 0.0998. The van der Waals surface area contributed by atoms with E-state index in [1.54, 1.807) is 53.9 Å². The Kier molecular flexibility index (Phi) is 8.28. The monoisotopic (exact) mass is 457 g/mol. The normalized spacial score (nSPS) is 10.7. The number of benzene rings is 2. The van der Waals surface area contributed by atoms with Crippen LogP contribution >= 0.6 is 0 Å². The Morgan fingerprint density at radius 2 is 1.52 bits per heavy atom. The number of H-pyrrole nitrogens is 1. The van der Waals surface area contributed by atoms with Crippen molar-refractivity contribution in [2.24, 2.45) is 4.99 Å². The molecule has 176 valence electrons. The highest BCUT2D eigenvalue weighted by Gasteiger charge is 2.15. The van der Waals surface area contributed by atoms with Gasteiger partial charge < -0.3 is 19.7 Å². The van der Waals surface area contributed by atoms with Gasteiger partial charge in [-0.05, 0) is 48.2 Å². The van der Waals surface area contributed by atoms with E-state index in [9.17, 15) is 18.4 Å². The van der Waals surface area contributed by atoms with Crippen molar-refractivity contribution in [1.82, 2.24) is 9.88 Å². The van der Waals surface area contributed by atoms with Gasteiger partial charge in [0.1, 0.15) is 11.6 Å². The number of carbonyl (C=O) groups excluding carboxylic acids is 1. The molecule has 0 aliphatic carbocycles. The first kappa shape index (κ1) is 25.5. The lowest BCUT2D eigenvalue weighted by atomic mass is 10.1. The molecule has 9 heteroatoms. The maximum Gasteiger partial charge on any atom is 0.281 e. The smallest absolute Gasteiger partial charge is 0.281 e. The van der Waals surface area contributed by atoms with Crippen LogP contribution < -0.4 is 15.4 Å². The standard InChI is InChI=1S/C13H18FN3O.C11H11FN2O/c1-9-6-10(17(4)5)7-11(14)12(9)13(18)15-8-16(2)3;1-14(2)8-5-7-3-4-13-11(15)10(7)9(12)6-8/h6-8H,1-5H3;3-6H,1-2H3,(H,13,15). The van der Waals surface area contributed by atoms with Gasteiger partial charge in [-0.25, -0.2) is 8.78 Å². The van der Waals surface area contributed by atoms with Gasteiger partial charge >= 0.3 is 0 Å². The summed E-state index contributed by atoms with van der Waals surface area (Å²) in [5, 5.41) is 0.727. The molecular formula is C24H29F2N5O2. The second-order valence-corrected chi connectivity index (χ2v) is 8.12. The second kappa shape index (κ2) is 10.7. The summed E-state index contributed by atoms with van der Waals surface area (Å²) in [5.74, 6) is -1.60. The third kappa shape index (κ3) is 6.38. The first-order chi connectivity index (χ1) is 15.4. The highest BCUT2D eigenvalue weighted by Crippen LogP contribution is 2.22. The molecule has 0 saturated carbocycles. The highest BCUT2D eigenvalue weighted by molar-refractivity contribution is 6.00. The van der Waals surface area contributed by atoms with E-state index in [-0.39, 0.29) is 10.9 Å². The molecule has 1 amide bonds. The van der Waals surface area contributed by atoms with E-state index < -0.39 is 23.1 Å². The van der Waals surface area contributed by atoms with Crippen LogP contribution in [0.4, 0.5) is 20.2 Å². The molecule has 0 bridgehead atoms. The summed E-state index contributed by atoms with van der Waals surface area (Å²) in [5.41, 5.74) is 1.68. The summed E-state index contributed by atoms with van der Waals surface area (Å²) in [6, 6.07) is 7.94. The quantitative estimate of drug-likeness (QED) is 0.478. The maximum atomic E-state index is 13.9. The van der Waals surface area contributed by atoms with Gasteiger partial charge in [-0.1, -0.05) is 0 Å². The predicted molar refractivity (Wildman–Crippen MR) is 131 cm³/mol. The number of aryl methyl sites for hydroxylation is 1. The molecule has 3 rings (SSSR count). The van der Waals surface area contributed by atoms with Gasteiger partial charge in [-0.3, -0.25) is 9.59 Å². The van der Waals surface area contributed by atoms with E-state index >= 15 is 0 Å². The molecule has 2 aromatic carbocycles. The maximum absolute atomic E-state index is 13.9. The number of hydrogen-bond donors (Lipinski definition) is 1. The average molecular weight is 458 g/mol. The van der Waals surface area contributed by atoms with Crippen molar-refractivity contribution in [2.75, 3.05) is 52.1 Å². The molecular weight excluding hydrogens is 428 g/mol. The van der Waals surface area contributed by atoms with Crippen molar-refractivity contribution in [3.8, 4) is 0 Å². The molecule has 0 unspecified atom stereocenters. The zero-order valence-corrected chi connectivity index (χ0v) is 19.9. The lowest BCUT2D eigenvalue weighted by Crippen LogP contribution is -2.13. The number of nitrogens with one attached hydrogen (secondary N) is 1. The Morgan fingerprint density at radius 1 is 0.939 bits per heavy atom. The third-order valence-corrected chi connectivity index (χ3v) is 4.73. The molecule has 0 fully saturated rings. The third-order valence-electron chi connectivity index (χ3n) is 4.73. The van der Waals surface area contributed by atoms with Gasteiger partial charge in [-0.2, -0.15) is 4.99 Å². The average Bonchev–Trinajstić information content (AvgIpc) is 2.71. The number of aliphatic imine (C=N–C) groups is 1. The minimum atomic E-state index is -0.566. The van der Waals surface area contributed by atoms with E-state index in [0.717, 1.165) is 11.4 Å². The Morgan fingerprint density at radius 3 is 2.06 bits per heavy atom. The SMILES string of the molecule is CN(C)c1cc(F)c2c(=O)[nH]ccc2c1.Cc1cc(N(C)C)cc(F)c1C(=O)N=CN(C)C. The molecule has 0 radical (unpaired) electrons. The van der Waals surface area contributed by atoms with Crippen LogP contribution in [-0.2, 0) is 0 Å². The van der Waals surface area contributed by atoms with Gasteiger partial charge in [0.15, 0.2) is 0 Å². The minimum Gasteiger partial charge on any atom is -0.378 e. The number of halogens is 2. The zero-order valence-electron chi connectivity index (χ0n) is 19.9. The van der Waals surface area contributed by atoms with E-state index in [4.69, 9.17) is 0 Å². The van der Waals surface area contributed by atoms with E-state index in [2.05, 4.69) is 9.98 Å². The molecule has 0 atom stereocenters. The molecule has 1 aromatic heterocycles. The number of hydrogen-bond acceptors (Lipinski definition) is 4. The molecule has 7 nitrogen and oxygen atoms in total. The predicted octanol–water partition coefficient (Wildman–Crippen LogP) is 3.66. The number of amides is 1. The number of fused-ring (bicyclic) bond motifs is 1. The first-order valence-electron chi connectivity index (χ1n) is 10.1. The van der Waals surface area contributed by atoms with Gasteiger partial charge in [0.2, 0.25) is 0 Å². The summed E-state index contributed by atoms with van der Waals surface area (Å²) in [6.07, 6.45) is 2.88. The Labute approximate surface area is 192 Å². The van der Waals surface area contributed by atoms with E-state index in [1.807, 2.05) is 28.2 Å². The van der Waals surface area contributed by atoms with Crippen molar-refractivity contribution in [3.63, 3.8) is 0 Å². The van der Waals surface area contributed by atoms with Crippen LogP contribution in [0, 0.1) is 18.6 Å². The van der Waals surface area contributed by atoms with Crippen LogP contribution in [0.5, 0.6) is 0 Å². The number of nitrogens with zero attached hydrogens (tertiary/aromatic N) is 4. The number of pyridine rings is 1. The first-order valence-corrected chi connectivity index (χ1v) is 10.1. The van der Waals surface area contributed by atoms with Crippen molar-refractivity contribution in [1.29, 1.82) is 0 Å². The summed E-state index contributed by atoms with van der Waals surface area (Å²) in [7, 11) is 10.8. The van der Waals surface area contributed by atoms with Crippen LogP contribution in [0.2, 0.25) is 0 Å². The summed E-state index contributed by atoms with van der Waals surface area (Å²) in [6.45, 7) is 1.70. The summed E-state index contributed by atoms with van der Waals surface area (Å²) >= 11 is 0. The fourth-order valence-electron chi connectivity index (χ4n) is 3.01. The van der Waals surface area contributed by atoms with E-state index in [1.165, 1.54) is 24.7 Å². The topological polar surface area (TPSA) is 72.0 Å². The van der Waals surface area contributed by atoms with Crippen LogP contribution in [0.25, 0.3) is 10.8 Å². The minimum absolute atomic E-state index is 0.0266. The largest absolute Gasteiger partial charge is 0.378 e. The Balaban J connectivity index is 0.000000237. The molecule has 0 aliphatic heterocycles. The molecule has 33 heavy (non-hydrogen) atoms. The van der Waals surface area contributed by atoms with Gasteiger partial charge in [0, 0.05) is 59.9 Å². The molecule has 1 heterocycles. The summed E-state index contributed by atoms with van der Waals surface area (Å²) in [4.78, 5) is 34.5. The summed E-state index contributed by atoms with van der Waals surface area (Å²) < 4.78 is 27.5. The molecule has 1 N–H and O–H groups in total. The van der Waals surface area contributed by atoms with Crippen molar-refractivity contribution in [3.05, 3.63) is 69.6 Å². The molecule has 0 spiro atoms. The lowest BCUT2D eigenvalue weighted by Gasteiger charge is -2.15. The Hall–Kier alpha value is -3.75. The number of anilines is 2. The van der Waals surface area contributed by atoms with Crippen LogP contribution in [0.3, 0.4) is 0 Å². The van der Waals surface area contributed by atoms with E-state index in [0.29, 0.717) is 10.9 Å². The highest BCUT2D eigenvalue weighted by atomic mass is 19.1. The van der Waals surface area contributed by atoms with Crippen molar-refractivity contribution < 1.29 is 13.6 Å². The van der Waals surface area contributed by atoms with Crippen molar-refractivity contribution >= 4 is 34.4 Å². The van der Waals surface area contributed by atoms with Gasteiger partial charge in [-0.15, -0.1) is 0 Å². The molecule has 3 aromatic rings. The van der Waals surface area contributed by atoms with Crippen LogP contribution in [-0.4, -0.2) is 64.4 Å². The van der Waals surface area contributed by atoms with Crippen LogP contribution in [0.1, 0.15) is 15.9 Å². The van der Waals surface area contributed by atoms with Crippen LogP contribution in [0.15, 0.2) is 46.3 Å². The fourth-order valence-corrected chi connectivity index (χ4v) is 3.01. The molecule has 0 aliphatic rings. The van der Waals surface area contributed by atoms with Crippen molar-refractivity contribution in [2.45, 2.75) is 6.92 Å². The second-order valence-electron chi connectivity index (χ2n) is 8.12. The number of aromatic amines is 1. The Bertz CT molecular complexity index is 1210. The van der Waals surface area contributed by atoms with Gasteiger partial charge in [0.05, 0.1) is 17.3 Å². The number of carbonyl (C=O) groups is 1. The zero-order chi connectivity index (χ0) is 24.9. The number of rotatable bonds is 4. The molecule has 0 saturated heterocycles.